The van der Waals surface area contributed by atoms with Gasteiger partial charge < -0.3 is 14.6 Å². The minimum atomic E-state index is -0.673. The third-order valence-corrected chi connectivity index (χ3v) is 5.74. The number of methoxy groups -OCH3 is 1. The van der Waals surface area contributed by atoms with Gasteiger partial charge in [0.15, 0.2) is 5.69 Å². The van der Waals surface area contributed by atoms with Crippen molar-refractivity contribution < 1.29 is 13.9 Å². The molecule has 0 bridgehead atoms. The minimum Gasteiger partial charge on any atom is -0.464 e. The van der Waals surface area contributed by atoms with Gasteiger partial charge in [-0.3, -0.25) is 9.69 Å². The van der Waals surface area contributed by atoms with Crippen molar-refractivity contribution in [3.05, 3.63) is 63.1 Å². The van der Waals surface area contributed by atoms with Crippen LogP contribution in [0.3, 0.4) is 0 Å². The number of aromatic nitrogens is 3. The highest BCUT2D eigenvalue weighted by Crippen LogP contribution is 2.23. The maximum absolute atomic E-state index is 14.4. The minimum absolute atomic E-state index is 0.0445. The first-order valence-corrected chi connectivity index (χ1v) is 10.1. The molecule has 162 valence electrons. The molecule has 4 rings (SSSR count). The predicted molar refractivity (Wildman–Crippen MR) is 115 cm³/mol. The van der Waals surface area contributed by atoms with E-state index in [2.05, 4.69) is 24.6 Å². The fourth-order valence-corrected chi connectivity index (χ4v) is 3.87. The third-order valence-electron chi connectivity index (χ3n) is 5.74. The van der Waals surface area contributed by atoms with Crippen molar-refractivity contribution >= 4 is 22.7 Å². The number of carbonyl (C=O) groups excluding carboxylic acids is 1. The quantitative estimate of drug-likeness (QED) is 0.506. The van der Waals surface area contributed by atoms with Gasteiger partial charge in [-0.2, -0.15) is 4.39 Å². The number of carbonyl (C=O) groups is 1. The van der Waals surface area contributed by atoms with E-state index in [0.29, 0.717) is 24.5 Å². The van der Waals surface area contributed by atoms with Gasteiger partial charge in [0.05, 0.1) is 23.8 Å². The molecule has 1 fully saturated rings. The summed E-state index contributed by atoms with van der Waals surface area (Å²) in [7, 11) is 1.24. The van der Waals surface area contributed by atoms with Crippen molar-refractivity contribution in [3.63, 3.8) is 0 Å². The Balaban J connectivity index is 1.45. The van der Waals surface area contributed by atoms with E-state index in [9.17, 15) is 14.0 Å². The van der Waals surface area contributed by atoms with E-state index in [4.69, 9.17) is 0 Å². The number of aryl methyl sites for hydroxylation is 2. The zero-order chi connectivity index (χ0) is 22.1. The summed E-state index contributed by atoms with van der Waals surface area (Å²) in [5.74, 6) is -1.33. The Labute approximate surface area is 178 Å². The van der Waals surface area contributed by atoms with E-state index < -0.39 is 11.9 Å². The molecule has 9 heteroatoms. The number of benzene rings is 1. The average Bonchev–Trinajstić information content (AvgIpc) is 2.77. The second kappa shape index (κ2) is 8.43. The summed E-state index contributed by atoms with van der Waals surface area (Å²) < 4.78 is 19.0. The summed E-state index contributed by atoms with van der Waals surface area (Å²) in [4.78, 5) is 38.7. The fraction of sp³-hybridized carbons (Fsp3) is 0.364. The van der Waals surface area contributed by atoms with Gasteiger partial charge in [0.25, 0.3) is 5.56 Å². The highest BCUT2D eigenvalue weighted by Gasteiger charge is 2.22. The van der Waals surface area contributed by atoms with E-state index in [1.807, 2.05) is 24.0 Å². The van der Waals surface area contributed by atoms with E-state index >= 15 is 0 Å². The second-order valence-electron chi connectivity index (χ2n) is 7.66. The van der Waals surface area contributed by atoms with Crippen LogP contribution in [0.4, 0.5) is 10.1 Å². The lowest BCUT2D eigenvalue weighted by atomic mass is 10.1. The maximum atomic E-state index is 14.4. The first-order valence-electron chi connectivity index (χ1n) is 10.1. The van der Waals surface area contributed by atoms with Crippen LogP contribution in [0.1, 0.15) is 27.3 Å². The maximum Gasteiger partial charge on any atom is 0.356 e. The summed E-state index contributed by atoms with van der Waals surface area (Å²) in [5, 5.41) is 0. The first-order chi connectivity index (χ1) is 14.9. The predicted octanol–water partition coefficient (Wildman–Crippen LogP) is 2.18. The van der Waals surface area contributed by atoms with Gasteiger partial charge in [-0.25, -0.2) is 14.8 Å². The van der Waals surface area contributed by atoms with Crippen molar-refractivity contribution in [2.75, 3.05) is 38.2 Å². The average molecular weight is 425 g/mol. The smallest absolute Gasteiger partial charge is 0.356 e. The summed E-state index contributed by atoms with van der Waals surface area (Å²) in [6.07, 6.45) is 0. The van der Waals surface area contributed by atoms with Crippen LogP contribution in [0.25, 0.3) is 11.0 Å². The van der Waals surface area contributed by atoms with E-state index in [1.54, 1.807) is 13.0 Å². The number of H-pyrrole nitrogens is 1. The topological polar surface area (TPSA) is 91.4 Å². The molecule has 1 saturated heterocycles. The number of hydrogen-bond donors (Lipinski definition) is 1. The molecule has 0 radical (unpaired) electrons. The number of halogens is 1. The van der Waals surface area contributed by atoms with Crippen molar-refractivity contribution in [1.82, 2.24) is 19.9 Å². The van der Waals surface area contributed by atoms with Crippen molar-refractivity contribution in [2.24, 2.45) is 0 Å². The largest absolute Gasteiger partial charge is 0.464 e. The summed E-state index contributed by atoms with van der Waals surface area (Å²) >= 11 is 0. The lowest BCUT2D eigenvalue weighted by molar-refractivity contribution is 0.0592. The van der Waals surface area contributed by atoms with Crippen LogP contribution in [-0.2, 0) is 11.3 Å². The number of fused-ring (bicyclic) bond motifs is 1. The molecule has 3 heterocycles. The normalized spacial score (nSPS) is 14.8. The molecule has 0 atom stereocenters. The number of anilines is 1. The Morgan fingerprint density at radius 2 is 1.87 bits per heavy atom. The summed E-state index contributed by atoms with van der Waals surface area (Å²) in [6, 6.07) is 7.03. The zero-order valence-corrected chi connectivity index (χ0v) is 17.7. The number of esters is 1. The molecule has 1 N–H and O–H groups in total. The SMILES string of the molecule is COC(=O)c1ccc(N2CCN(Cc3ccc4nc(C)c(=O)[nH]c4c3C)CC2)c(F)n1. The highest BCUT2D eigenvalue weighted by molar-refractivity contribution is 5.87. The van der Waals surface area contributed by atoms with Crippen LogP contribution >= 0.6 is 0 Å². The Morgan fingerprint density at radius 3 is 2.55 bits per heavy atom. The second-order valence-corrected chi connectivity index (χ2v) is 7.66. The molecule has 0 saturated carbocycles. The van der Waals surface area contributed by atoms with E-state index in [0.717, 1.165) is 41.8 Å². The molecule has 0 aliphatic carbocycles. The molecule has 1 aromatic carbocycles. The van der Waals surface area contributed by atoms with Crippen molar-refractivity contribution in [1.29, 1.82) is 0 Å². The number of aromatic amines is 1. The molecular formula is C22H24FN5O3. The molecule has 2 aromatic heterocycles. The van der Waals surface area contributed by atoms with Crippen molar-refractivity contribution in [3.8, 4) is 0 Å². The number of pyridine rings is 1. The number of piperazine rings is 1. The van der Waals surface area contributed by atoms with Gasteiger partial charge in [-0.05, 0) is 43.2 Å². The van der Waals surface area contributed by atoms with E-state index in [-0.39, 0.29) is 11.3 Å². The highest BCUT2D eigenvalue weighted by atomic mass is 19.1. The lowest BCUT2D eigenvalue weighted by Gasteiger charge is -2.36. The number of hydrogen-bond acceptors (Lipinski definition) is 7. The van der Waals surface area contributed by atoms with Crippen LogP contribution in [0.5, 0.6) is 0 Å². The number of ether oxygens (including phenoxy) is 1. The van der Waals surface area contributed by atoms with Gasteiger partial charge in [-0.1, -0.05) is 6.07 Å². The summed E-state index contributed by atoms with van der Waals surface area (Å²) in [6.45, 7) is 7.19. The Hall–Kier alpha value is -3.33. The monoisotopic (exact) mass is 425 g/mol. The molecule has 31 heavy (non-hydrogen) atoms. The van der Waals surface area contributed by atoms with Crippen molar-refractivity contribution in [2.45, 2.75) is 20.4 Å². The van der Waals surface area contributed by atoms with Gasteiger partial charge in [0.1, 0.15) is 5.69 Å². The molecular weight excluding hydrogens is 401 g/mol. The summed E-state index contributed by atoms with van der Waals surface area (Å²) in [5.41, 5.74) is 4.31. The number of nitrogens with one attached hydrogen (secondary N) is 1. The number of rotatable bonds is 4. The molecule has 0 amide bonds. The molecule has 1 aliphatic heterocycles. The zero-order valence-electron chi connectivity index (χ0n) is 17.7. The molecule has 8 nitrogen and oxygen atoms in total. The van der Waals surface area contributed by atoms with Crippen LogP contribution in [-0.4, -0.2) is 59.1 Å². The first kappa shape index (κ1) is 20.9. The molecule has 0 spiro atoms. The molecule has 3 aromatic rings. The van der Waals surface area contributed by atoms with Gasteiger partial charge in [-0.15, -0.1) is 0 Å². The third kappa shape index (κ3) is 4.13. The van der Waals surface area contributed by atoms with Gasteiger partial charge in [0, 0.05) is 32.7 Å². The van der Waals surface area contributed by atoms with Crippen LogP contribution in [0.15, 0.2) is 29.1 Å². The molecule has 0 unspecified atom stereocenters. The van der Waals surface area contributed by atoms with Crippen LogP contribution in [0.2, 0.25) is 0 Å². The lowest BCUT2D eigenvalue weighted by Crippen LogP contribution is -2.46. The Morgan fingerprint density at radius 1 is 1.13 bits per heavy atom. The van der Waals surface area contributed by atoms with Gasteiger partial charge in [0.2, 0.25) is 5.95 Å². The number of nitrogens with zero attached hydrogens (tertiary/aromatic N) is 4. The van der Waals surface area contributed by atoms with E-state index in [1.165, 1.54) is 13.2 Å². The van der Waals surface area contributed by atoms with Gasteiger partial charge >= 0.3 is 5.97 Å². The van der Waals surface area contributed by atoms with Crippen LogP contribution in [0, 0.1) is 19.8 Å². The molecule has 1 aliphatic rings. The Kier molecular flexibility index (Phi) is 5.69. The standard InChI is InChI=1S/C22H24FN5O3/c1-13-15(4-5-16-19(13)26-21(29)14(2)24-16)12-27-8-10-28(11-9-27)18-7-6-17(22(30)31-3)25-20(18)23/h4-7H,8-12H2,1-3H3,(H,26,29). The van der Waals surface area contributed by atoms with Crippen LogP contribution < -0.4 is 10.5 Å². The Bertz CT molecular complexity index is 1200. The fourth-order valence-electron chi connectivity index (χ4n) is 3.87.